The first-order valence-corrected chi connectivity index (χ1v) is 6.32. The van der Waals surface area contributed by atoms with Gasteiger partial charge in [-0.1, -0.05) is 18.2 Å². The Morgan fingerprint density at radius 3 is 2.50 bits per heavy atom. The minimum Gasteiger partial charge on any atom is -0.497 e. The van der Waals surface area contributed by atoms with Gasteiger partial charge < -0.3 is 9.84 Å². The summed E-state index contributed by atoms with van der Waals surface area (Å²) in [6.45, 7) is 0. The number of allylic oxidation sites excluding steroid dienone is 2. The van der Waals surface area contributed by atoms with Crippen molar-refractivity contribution in [1.82, 2.24) is 0 Å². The monoisotopic (exact) mass is 272 g/mol. The Bertz CT molecular complexity index is 569. The van der Waals surface area contributed by atoms with Crippen molar-refractivity contribution < 1.29 is 19.4 Å². The molecule has 1 N–H and O–H groups in total. The van der Waals surface area contributed by atoms with Gasteiger partial charge in [0.25, 0.3) is 0 Å². The molecule has 4 heteroatoms. The number of carbonyl (C=O) groups excluding carboxylic acids is 2. The minimum atomic E-state index is -1.56. The molecule has 1 aliphatic carbocycles. The minimum absolute atomic E-state index is 0.207. The molecule has 0 saturated carbocycles. The first-order chi connectivity index (χ1) is 9.55. The van der Waals surface area contributed by atoms with Crippen LogP contribution in [0.2, 0.25) is 0 Å². The SMILES string of the molecule is COc1ccc(C(=O)CC(=O)C2(O)C=CC=CC2)cc1. The van der Waals surface area contributed by atoms with Gasteiger partial charge in [0.15, 0.2) is 11.6 Å². The highest BCUT2D eigenvalue weighted by Crippen LogP contribution is 2.21. The van der Waals surface area contributed by atoms with Gasteiger partial charge in [-0.3, -0.25) is 9.59 Å². The van der Waals surface area contributed by atoms with Crippen molar-refractivity contribution >= 4 is 11.6 Å². The van der Waals surface area contributed by atoms with Crippen LogP contribution in [0.1, 0.15) is 23.2 Å². The molecule has 0 heterocycles. The van der Waals surface area contributed by atoms with E-state index in [4.69, 9.17) is 4.74 Å². The summed E-state index contributed by atoms with van der Waals surface area (Å²) in [5.41, 5.74) is -1.13. The van der Waals surface area contributed by atoms with Crippen LogP contribution in [0.15, 0.2) is 48.6 Å². The highest BCUT2D eigenvalue weighted by Gasteiger charge is 2.33. The van der Waals surface area contributed by atoms with E-state index >= 15 is 0 Å². The number of Topliss-reactive ketones (excluding diaryl/α,β-unsaturated/α-hetero) is 2. The van der Waals surface area contributed by atoms with Crippen LogP contribution < -0.4 is 4.74 Å². The molecule has 20 heavy (non-hydrogen) atoms. The Hall–Kier alpha value is -2.20. The normalized spacial score (nSPS) is 20.7. The lowest BCUT2D eigenvalue weighted by Crippen LogP contribution is -2.38. The van der Waals surface area contributed by atoms with Crippen molar-refractivity contribution in [3.63, 3.8) is 0 Å². The van der Waals surface area contributed by atoms with E-state index in [0.29, 0.717) is 11.3 Å². The molecule has 0 aliphatic heterocycles. The van der Waals surface area contributed by atoms with Crippen LogP contribution in [-0.2, 0) is 4.79 Å². The van der Waals surface area contributed by atoms with Crippen molar-refractivity contribution in [2.75, 3.05) is 7.11 Å². The van der Waals surface area contributed by atoms with E-state index in [1.54, 1.807) is 49.6 Å². The Labute approximate surface area is 117 Å². The van der Waals surface area contributed by atoms with E-state index in [-0.39, 0.29) is 18.6 Å². The third kappa shape index (κ3) is 3.03. The lowest BCUT2D eigenvalue weighted by Gasteiger charge is -2.22. The van der Waals surface area contributed by atoms with Crippen LogP contribution in [0.25, 0.3) is 0 Å². The van der Waals surface area contributed by atoms with Crippen LogP contribution in [0.3, 0.4) is 0 Å². The smallest absolute Gasteiger partial charge is 0.176 e. The van der Waals surface area contributed by atoms with E-state index in [1.807, 2.05) is 0 Å². The van der Waals surface area contributed by atoms with Crippen LogP contribution in [0.5, 0.6) is 5.75 Å². The summed E-state index contributed by atoms with van der Waals surface area (Å²) in [5, 5.41) is 10.2. The summed E-state index contributed by atoms with van der Waals surface area (Å²) in [4.78, 5) is 24.1. The molecule has 0 amide bonds. The summed E-state index contributed by atoms with van der Waals surface area (Å²) >= 11 is 0. The number of benzene rings is 1. The van der Waals surface area contributed by atoms with E-state index in [0.717, 1.165) is 0 Å². The van der Waals surface area contributed by atoms with Gasteiger partial charge in [-0.15, -0.1) is 0 Å². The van der Waals surface area contributed by atoms with Crippen LogP contribution in [-0.4, -0.2) is 29.4 Å². The topological polar surface area (TPSA) is 63.6 Å². The molecular weight excluding hydrogens is 256 g/mol. The van der Waals surface area contributed by atoms with Gasteiger partial charge in [0.05, 0.1) is 13.5 Å². The van der Waals surface area contributed by atoms with Gasteiger partial charge in [-0.25, -0.2) is 0 Å². The summed E-state index contributed by atoms with van der Waals surface area (Å²) in [6, 6.07) is 6.54. The molecular formula is C16H16O4. The average Bonchev–Trinajstić information content (AvgIpc) is 2.48. The van der Waals surface area contributed by atoms with Crippen LogP contribution in [0.4, 0.5) is 0 Å². The summed E-state index contributed by atoms with van der Waals surface area (Å²) in [7, 11) is 1.54. The number of ether oxygens (including phenoxy) is 1. The second kappa shape index (κ2) is 5.84. The van der Waals surface area contributed by atoms with E-state index < -0.39 is 11.4 Å². The third-order valence-corrected chi connectivity index (χ3v) is 3.26. The number of ketones is 2. The maximum Gasteiger partial charge on any atom is 0.176 e. The molecule has 2 rings (SSSR count). The fourth-order valence-corrected chi connectivity index (χ4v) is 1.99. The Morgan fingerprint density at radius 2 is 1.95 bits per heavy atom. The largest absolute Gasteiger partial charge is 0.497 e. The second-order valence-corrected chi connectivity index (χ2v) is 4.67. The second-order valence-electron chi connectivity index (χ2n) is 4.67. The molecule has 1 aliphatic rings. The highest BCUT2D eigenvalue weighted by molar-refractivity contribution is 6.11. The third-order valence-electron chi connectivity index (χ3n) is 3.26. The van der Waals surface area contributed by atoms with Gasteiger partial charge in [0.2, 0.25) is 0 Å². The molecule has 1 aromatic rings. The molecule has 1 atom stereocenters. The first-order valence-electron chi connectivity index (χ1n) is 6.32. The van der Waals surface area contributed by atoms with Gasteiger partial charge >= 0.3 is 0 Å². The predicted octanol–water partition coefficient (Wildman–Crippen LogP) is 2.08. The zero-order chi connectivity index (χ0) is 14.6. The number of rotatable bonds is 5. The molecule has 4 nitrogen and oxygen atoms in total. The number of hydrogen-bond donors (Lipinski definition) is 1. The molecule has 1 aromatic carbocycles. The number of hydrogen-bond acceptors (Lipinski definition) is 4. The Kier molecular flexibility index (Phi) is 4.15. The molecule has 0 spiro atoms. The Morgan fingerprint density at radius 1 is 1.25 bits per heavy atom. The first kappa shape index (κ1) is 14.2. The van der Waals surface area contributed by atoms with E-state index in [1.165, 1.54) is 6.08 Å². The van der Waals surface area contributed by atoms with Gasteiger partial charge in [-0.2, -0.15) is 0 Å². The van der Waals surface area contributed by atoms with Gasteiger partial charge in [0, 0.05) is 12.0 Å². The average molecular weight is 272 g/mol. The van der Waals surface area contributed by atoms with Crippen molar-refractivity contribution in [3.8, 4) is 5.75 Å². The fraction of sp³-hybridized carbons (Fsp3) is 0.250. The van der Waals surface area contributed by atoms with Crippen LogP contribution >= 0.6 is 0 Å². The molecule has 0 saturated heterocycles. The number of carbonyl (C=O) groups is 2. The lowest BCUT2D eigenvalue weighted by atomic mass is 9.87. The molecule has 104 valence electrons. The molecule has 0 radical (unpaired) electrons. The van der Waals surface area contributed by atoms with Crippen molar-refractivity contribution in [1.29, 1.82) is 0 Å². The van der Waals surface area contributed by atoms with Gasteiger partial charge in [0.1, 0.15) is 11.4 Å². The van der Waals surface area contributed by atoms with Crippen molar-refractivity contribution in [2.45, 2.75) is 18.4 Å². The lowest BCUT2D eigenvalue weighted by molar-refractivity contribution is -0.131. The standard InChI is InChI=1S/C16H16O4/c1-20-13-7-5-12(6-8-13)14(17)11-15(18)16(19)9-3-2-4-10-16/h2-9,19H,10-11H2,1H3. The summed E-state index contributed by atoms with van der Waals surface area (Å²) in [6.07, 6.45) is 6.39. The maximum atomic E-state index is 12.0. The van der Waals surface area contributed by atoms with Crippen molar-refractivity contribution in [2.24, 2.45) is 0 Å². The summed E-state index contributed by atoms with van der Waals surface area (Å²) < 4.78 is 5.01. The zero-order valence-electron chi connectivity index (χ0n) is 11.2. The van der Waals surface area contributed by atoms with Crippen LogP contribution in [0, 0.1) is 0 Å². The van der Waals surface area contributed by atoms with E-state index in [9.17, 15) is 14.7 Å². The molecule has 0 aromatic heterocycles. The predicted molar refractivity (Wildman–Crippen MR) is 74.8 cm³/mol. The molecule has 0 bridgehead atoms. The van der Waals surface area contributed by atoms with Gasteiger partial charge in [-0.05, 0) is 30.3 Å². The molecule has 0 fully saturated rings. The number of aliphatic hydroxyl groups is 1. The maximum absolute atomic E-state index is 12.0. The van der Waals surface area contributed by atoms with E-state index in [2.05, 4.69) is 0 Å². The zero-order valence-corrected chi connectivity index (χ0v) is 11.2. The number of methoxy groups -OCH3 is 1. The van der Waals surface area contributed by atoms with Crippen molar-refractivity contribution in [3.05, 3.63) is 54.1 Å². The Balaban J connectivity index is 2.05. The summed E-state index contributed by atoms with van der Waals surface area (Å²) in [5.74, 6) is -0.153. The fourth-order valence-electron chi connectivity index (χ4n) is 1.99. The highest BCUT2D eigenvalue weighted by atomic mass is 16.5. The quantitative estimate of drug-likeness (QED) is 0.658. The molecule has 1 unspecified atom stereocenters.